The van der Waals surface area contributed by atoms with Crippen LogP contribution in [0.1, 0.15) is 32.0 Å². The average molecular weight is 363 g/mol. The maximum absolute atomic E-state index is 13.6. The fourth-order valence-corrected chi connectivity index (χ4v) is 2.44. The van der Waals surface area contributed by atoms with Crippen LogP contribution in [0.25, 0.3) is 0 Å². The summed E-state index contributed by atoms with van der Waals surface area (Å²) in [6, 6.07) is 16.5. The van der Waals surface area contributed by atoms with Crippen LogP contribution in [0.15, 0.2) is 66.9 Å². The van der Waals surface area contributed by atoms with E-state index in [2.05, 4.69) is 15.6 Å². The Kier molecular flexibility index (Phi) is 5.56. The lowest BCUT2D eigenvalue weighted by molar-refractivity contribution is 0.0945. The highest BCUT2D eigenvalue weighted by molar-refractivity contribution is 6.05. The molecule has 0 saturated heterocycles. The van der Waals surface area contributed by atoms with Crippen LogP contribution < -0.4 is 10.6 Å². The molecule has 2 aromatic carbocycles. The fourth-order valence-electron chi connectivity index (χ4n) is 2.44. The molecule has 0 spiro atoms. The maximum atomic E-state index is 13.6. The first-order chi connectivity index (χ1) is 13.0. The van der Waals surface area contributed by atoms with Gasteiger partial charge in [-0.1, -0.05) is 35.9 Å². The van der Waals surface area contributed by atoms with Crippen molar-refractivity contribution in [2.24, 2.45) is 0 Å². The number of aromatic nitrogens is 1. The summed E-state index contributed by atoms with van der Waals surface area (Å²) >= 11 is 0. The lowest BCUT2D eigenvalue weighted by Crippen LogP contribution is -2.25. The van der Waals surface area contributed by atoms with Gasteiger partial charge in [-0.2, -0.15) is 0 Å². The number of pyridine rings is 1. The fraction of sp³-hybridized carbons (Fsp3) is 0.0952. The van der Waals surface area contributed by atoms with Crippen molar-refractivity contribution in [2.75, 3.05) is 5.32 Å². The van der Waals surface area contributed by atoms with Crippen molar-refractivity contribution < 1.29 is 14.0 Å². The van der Waals surface area contributed by atoms with Crippen LogP contribution in [0.4, 0.5) is 10.1 Å². The number of carbonyl (C=O) groups is 2. The second-order valence-corrected chi connectivity index (χ2v) is 6.02. The number of aryl methyl sites for hydroxylation is 1. The number of halogens is 1. The van der Waals surface area contributed by atoms with E-state index in [4.69, 9.17) is 0 Å². The summed E-state index contributed by atoms with van der Waals surface area (Å²) in [7, 11) is 0. The number of carbonyl (C=O) groups excluding carboxylic acids is 2. The zero-order valence-electron chi connectivity index (χ0n) is 14.7. The molecule has 0 aliphatic rings. The molecule has 0 aliphatic carbocycles. The van der Waals surface area contributed by atoms with Gasteiger partial charge in [0.2, 0.25) is 0 Å². The molecule has 0 atom stereocenters. The first-order valence-electron chi connectivity index (χ1n) is 8.38. The van der Waals surface area contributed by atoms with Crippen molar-refractivity contribution in [1.82, 2.24) is 10.3 Å². The van der Waals surface area contributed by atoms with E-state index in [1.54, 1.807) is 30.3 Å². The normalized spacial score (nSPS) is 10.3. The third kappa shape index (κ3) is 4.76. The molecule has 0 radical (unpaired) electrons. The molecule has 3 aromatic rings. The molecule has 0 fully saturated rings. The highest BCUT2D eigenvalue weighted by Crippen LogP contribution is 2.12. The van der Waals surface area contributed by atoms with Crippen LogP contribution in [0, 0.1) is 12.7 Å². The highest BCUT2D eigenvalue weighted by atomic mass is 19.1. The van der Waals surface area contributed by atoms with Crippen molar-refractivity contribution in [1.29, 1.82) is 0 Å². The quantitative estimate of drug-likeness (QED) is 0.726. The molecular weight excluding hydrogens is 345 g/mol. The summed E-state index contributed by atoms with van der Waals surface area (Å²) in [6.45, 7) is 1.99. The summed E-state index contributed by atoms with van der Waals surface area (Å²) in [4.78, 5) is 28.6. The van der Waals surface area contributed by atoms with Gasteiger partial charge >= 0.3 is 0 Å². The zero-order chi connectivity index (χ0) is 19.2. The molecule has 2 amide bonds. The zero-order valence-corrected chi connectivity index (χ0v) is 14.7. The van der Waals surface area contributed by atoms with Crippen LogP contribution in [0.5, 0.6) is 0 Å². The molecule has 1 aromatic heterocycles. The van der Waals surface area contributed by atoms with Crippen molar-refractivity contribution in [2.45, 2.75) is 13.5 Å². The van der Waals surface area contributed by atoms with Gasteiger partial charge in [0.25, 0.3) is 11.8 Å². The van der Waals surface area contributed by atoms with Gasteiger partial charge < -0.3 is 10.6 Å². The molecule has 3 rings (SSSR count). The highest BCUT2D eigenvalue weighted by Gasteiger charge is 2.12. The Morgan fingerprint density at radius 3 is 2.48 bits per heavy atom. The summed E-state index contributed by atoms with van der Waals surface area (Å²) in [5, 5.41) is 5.37. The molecule has 27 heavy (non-hydrogen) atoms. The molecule has 2 N–H and O–H groups in total. The van der Waals surface area contributed by atoms with Gasteiger partial charge in [-0.15, -0.1) is 0 Å². The first-order valence-corrected chi connectivity index (χ1v) is 8.38. The van der Waals surface area contributed by atoms with Gasteiger partial charge in [-0.05, 0) is 37.3 Å². The molecule has 6 heteroatoms. The number of anilines is 1. The predicted molar refractivity (Wildman–Crippen MR) is 101 cm³/mol. The van der Waals surface area contributed by atoms with Gasteiger partial charge in [-0.25, -0.2) is 4.39 Å². The lowest BCUT2D eigenvalue weighted by Gasteiger charge is -2.08. The van der Waals surface area contributed by atoms with Crippen LogP contribution in [0.3, 0.4) is 0 Å². The molecule has 1 heterocycles. The molecular formula is C21H18FN3O2. The van der Waals surface area contributed by atoms with Crippen LogP contribution in [0.2, 0.25) is 0 Å². The van der Waals surface area contributed by atoms with Crippen LogP contribution in [-0.4, -0.2) is 16.8 Å². The number of nitrogens with zero attached hydrogens (tertiary/aromatic N) is 1. The SMILES string of the molecule is Cc1ccc(NC(=O)c2ccnc(C(=O)NCc3ccccc3F)c2)cc1. The van der Waals surface area contributed by atoms with Gasteiger partial charge in [0.15, 0.2) is 0 Å². The summed E-state index contributed by atoms with van der Waals surface area (Å²) < 4.78 is 13.6. The molecule has 0 aliphatic heterocycles. The third-order valence-electron chi connectivity index (χ3n) is 3.96. The van der Waals surface area contributed by atoms with Crippen molar-refractivity contribution >= 4 is 17.5 Å². The standard InChI is InChI=1S/C21H18FN3O2/c1-14-6-8-17(9-7-14)25-20(26)15-10-11-23-19(12-15)21(27)24-13-16-4-2-3-5-18(16)22/h2-12H,13H2,1H3,(H,24,27)(H,25,26). The summed E-state index contributed by atoms with van der Waals surface area (Å²) in [6.07, 6.45) is 1.39. The van der Waals surface area contributed by atoms with Crippen LogP contribution in [-0.2, 0) is 6.54 Å². The number of amides is 2. The first kappa shape index (κ1) is 18.3. The molecule has 0 bridgehead atoms. The molecule has 136 valence electrons. The number of benzene rings is 2. The van der Waals surface area contributed by atoms with Gasteiger partial charge in [0, 0.05) is 29.6 Å². The van der Waals surface area contributed by atoms with Crippen molar-refractivity contribution in [3.8, 4) is 0 Å². The van der Waals surface area contributed by atoms with E-state index in [1.807, 2.05) is 19.1 Å². The summed E-state index contributed by atoms with van der Waals surface area (Å²) in [5.74, 6) is -1.22. The minimum atomic E-state index is -0.483. The van der Waals surface area contributed by atoms with Gasteiger partial charge in [0.05, 0.1) is 0 Å². The Morgan fingerprint density at radius 2 is 1.74 bits per heavy atom. The Balaban J connectivity index is 1.67. The minimum Gasteiger partial charge on any atom is -0.347 e. The third-order valence-corrected chi connectivity index (χ3v) is 3.96. The monoisotopic (exact) mass is 363 g/mol. The van der Waals surface area contributed by atoms with E-state index >= 15 is 0 Å². The van der Waals surface area contributed by atoms with E-state index < -0.39 is 11.7 Å². The Hall–Kier alpha value is -3.54. The molecule has 0 saturated carbocycles. The topological polar surface area (TPSA) is 71.1 Å². The maximum Gasteiger partial charge on any atom is 0.270 e. The largest absolute Gasteiger partial charge is 0.347 e. The van der Waals surface area contributed by atoms with E-state index in [0.717, 1.165) is 5.56 Å². The minimum absolute atomic E-state index is 0.0347. The van der Waals surface area contributed by atoms with Crippen molar-refractivity contribution in [3.63, 3.8) is 0 Å². The lowest BCUT2D eigenvalue weighted by atomic mass is 10.1. The van der Waals surface area contributed by atoms with Crippen LogP contribution >= 0.6 is 0 Å². The Morgan fingerprint density at radius 1 is 1.00 bits per heavy atom. The Labute approximate surface area is 156 Å². The number of hydrogen-bond acceptors (Lipinski definition) is 3. The van der Waals surface area contributed by atoms with E-state index in [9.17, 15) is 14.0 Å². The van der Waals surface area contributed by atoms with E-state index in [1.165, 1.54) is 24.4 Å². The number of rotatable bonds is 5. The second kappa shape index (κ2) is 8.23. The second-order valence-electron chi connectivity index (χ2n) is 6.02. The average Bonchev–Trinajstić information content (AvgIpc) is 2.69. The van der Waals surface area contributed by atoms with Gasteiger partial charge in [-0.3, -0.25) is 14.6 Å². The van der Waals surface area contributed by atoms with E-state index in [-0.39, 0.29) is 18.1 Å². The molecule has 5 nitrogen and oxygen atoms in total. The molecule has 0 unspecified atom stereocenters. The smallest absolute Gasteiger partial charge is 0.270 e. The van der Waals surface area contributed by atoms with E-state index in [0.29, 0.717) is 16.8 Å². The Bertz CT molecular complexity index is 971. The summed E-state index contributed by atoms with van der Waals surface area (Å²) in [5.41, 5.74) is 2.52. The number of nitrogens with one attached hydrogen (secondary N) is 2. The number of hydrogen-bond donors (Lipinski definition) is 2. The van der Waals surface area contributed by atoms with Crippen molar-refractivity contribution in [3.05, 3.63) is 95.1 Å². The van der Waals surface area contributed by atoms with Gasteiger partial charge in [0.1, 0.15) is 11.5 Å². The predicted octanol–water partition coefficient (Wildman–Crippen LogP) is 3.71.